The number of fused-ring (bicyclic) bond motifs is 1. The molecule has 1 aromatic rings. The highest BCUT2D eigenvalue weighted by Gasteiger charge is 2.72. The van der Waals surface area contributed by atoms with Gasteiger partial charge in [-0.05, 0) is 23.1 Å². The molecule has 3 rings (SSSR count). The maximum absolute atomic E-state index is 12.3. The molecule has 112 valence electrons. The van der Waals surface area contributed by atoms with Crippen molar-refractivity contribution >= 4 is 11.8 Å². The molecule has 1 aromatic carbocycles. The van der Waals surface area contributed by atoms with Gasteiger partial charge in [0.25, 0.3) is 0 Å². The molecule has 1 heterocycles. The fourth-order valence-electron chi connectivity index (χ4n) is 3.38. The molecular formula is C16H19NO4. The number of likely N-dealkylation sites (tertiary alicyclic amines) is 1. The van der Waals surface area contributed by atoms with Crippen molar-refractivity contribution in [1.29, 1.82) is 0 Å². The number of piperidine rings is 1. The van der Waals surface area contributed by atoms with Gasteiger partial charge in [-0.15, -0.1) is 0 Å². The van der Waals surface area contributed by atoms with Crippen LogP contribution in [0.15, 0.2) is 18.2 Å². The number of aliphatic hydroxyl groups excluding tert-OH is 1. The minimum Gasteiger partial charge on any atom is -0.496 e. The summed E-state index contributed by atoms with van der Waals surface area (Å²) < 4.78 is 5.27. The molecule has 2 unspecified atom stereocenters. The van der Waals surface area contributed by atoms with Gasteiger partial charge in [-0.3, -0.25) is 14.5 Å². The van der Waals surface area contributed by atoms with E-state index in [-0.39, 0.29) is 42.2 Å². The summed E-state index contributed by atoms with van der Waals surface area (Å²) >= 11 is 0. The lowest BCUT2D eigenvalue weighted by atomic mass is 10.0. The van der Waals surface area contributed by atoms with Gasteiger partial charge in [-0.2, -0.15) is 0 Å². The van der Waals surface area contributed by atoms with E-state index in [0.717, 1.165) is 11.1 Å². The summed E-state index contributed by atoms with van der Waals surface area (Å²) in [5, 5.41) is 9.22. The Bertz CT molecular complexity index is 599. The highest BCUT2D eigenvalue weighted by molar-refractivity contribution is 6.10. The van der Waals surface area contributed by atoms with E-state index in [2.05, 4.69) is 0 Å². The first-order valence-corrected chi connectivity index (χ1v) is 7.03. The maximum atomic E-state index is 12.3. The zero-order valence-corrected chi connectivity index (χ0v) is 12.4. The second-order valence-electron chi connectivity index (χ2n) is 6.34. The number of nitrogens with zero attached hydrogens (tertiary/aromatic N) is 1. The molecule has 2 amide bonds. The number of hydrogen-bond acceptors (Lipinski definition) is 4. The van der Waals surface area contributed by atoms with Crippen LogP contribution in [-0.4, -0.2) is 28.9 Å². The summed E-state index contributed by atoms with van der Waals surface area (Å²) in [6.07, 6.45) is 0. The molecule has 21 heavy (non-hydrogen) atoms. The summed E-state index contributed by atoms with van der Waals surface area (Å²) in [7, 11) is 1.55. The molecular weight excluding hydrogens is 270 g/mol. The van der Waals surface area contributed by atoms with Crippen LogP contribution in [0.25, 0.3) is 0 Å². The van der Waals surface area contributed by atoms with Crippen LogP contribution in [-0.2, 0) is 22.7 Å². The average Bonchev–Trinajstić information content (AvgIpc) is 2.94. The molecule has 0 spiro atoms. The minimum atomic E-state index is -0.193. The monoisotopic (exact) mass is 289 g/mol. The first kappa shape index (κ1) is 14.1. The smallest absolute Gasteiger partial charge is 0.233 e. The zero-order valence-electron chi connectivity index (χ0n) is 12.4. The summed E-state index contributed by atoms with van der Waals surface area (Å²) in [4.78, 5) is 26.0. The number of ether oxygens (including phenoxy) is 1. The van der Waals surface area contributed by atoms with Crippen LogP contribution in [0.2, 0.25) is 0 Å². The third-order valence-corrected chi connectivity index (χ3v) is 4.75. The first-order chi connectivity index (χ1) is 9.91. The molecule has 1 saturated heterocycles. The maximum Gasteiger partial charge on any atom is 0.233 e. The van der Waals surface area contributed by atoms with Crippen molar-refractivity contribution < 1.29 is 19.4 Å². The quantitative estimate of drug-likeness (QED) is 0.849. The van der Waals surface area contributed by atoms with Crippen LogP contribution >= 0.6 is 0 Å². The third-order valence-electron chi connectivity index (χ3n) is 4.75. The number of rotatable bonds is 4. The van der Waals surface area contributed by atoms with Gasteiger partial charge in [0, 0.05) is 5.56 Å². The van der Waals surface area contributed by atoms with Crippen LogP contribution < -0.4 is 4.74 Å². The molecule has 1 saturated carbocycles. The number of imide groups is 1. The Morgan fingerprint density at radius 1 is 1.24 bits per heavy atom. The van der Waals surface area contributed by atoms with E-state index in [1.165, 1.54) is 4.90 Å². The van der Waals surface area contributed by atoms with Crippen molar-refractivity contribution in [1.82, 2.24) is 4.90 Å². The lowest BCUT2D eigenvalue weighted by molar-refractivity contribution is -0.143. The fourth-order valence-corrected chi connectivity index (χ4v) is 3.38. The van der Waals surface area contributed by atoms with Crippen molar-refractivity contribution in [2.24, 2.45) is 17.3 Å². The van der Waals surface area contributed by atoms with Crippen LogP contribution in [0, 0.1) is 17.3 Å². The van der Waals surface area contributed by atoms with Gasteiger partial charge in [0.2, 0.25) is 11.8 Å². The Morgan fingerprint density at radius 3 is 2.38 bits per heavy atom. The van der Waals surface area contributed by atoms with Crippen molar-refractivity contribution in [3.8, 4) is 5.75 Å². The number of carbonyl (C=O) groups is 2. The molecule has 0 bridgehead atoms. The summed E-state index contributed by atoms with van der Waals surface area (Å²) in [6.45, 7) is 4.04. The predicted octanol–water partition coefficient (Wildman–Crippen LogP) is 1.33. The van der Waals surface area contributed by atoms with Gasteiger partial charge in [0.05, 0.1) is 32.1 Å². The number of hydrogen-bond donors (Lipinski definition) is 1. The van der Waals surface area contributed by atoms with Gasteiger partial charge in [0.1, 0.15) is 5.75 Å². The van der Waals surface area contributed by atoms with E-state index in [1.54, 1.807) is 25.3 Å². The van der Waals surface area contributed by atoms with Crippen molar-refractivity contribution in [3.05, 3.63) is 29.3 Å². The van der Waals surface area contributed by atoms with Crippen molar-refractivity contribution in [3.63, 3.8) is 0 Å². The second kappa shape index (κ2) is 4.56. The second-order valence-corrected chi connectivity index (χ2v) is 6.34. The Labute approximate surface area is 123 Å². The highest BCUT2D eigenvalue weighted by atomic mass is 16.5. The van der Waals surface area contributed by atoms with E-state index >= 15 is 0 Å². The topological polar surface area (TPSA) is 66.8 Å². The van der Waals surface area contributed by atoms with Gasteiger partial charge in [-0.25, -0.2) is 0 Å². The Hall–Kier alpha value is -1.88. The fraction of sp³-hybridized carbons (Fsp3) is 0.500. The van der Waals surface area contributed by atoms with E-state index < -0.39 is 0 Å². The Kier molecular flexibility index (Phi) is 3.06. The van der Waals surface area contributed by atoms with Crippen LogP contribution in [0.3, 0.4) is 0 Å². The molecule has 2 aliphatic rings. The van der Waals surface area contributed by atoms with Gasteiger partial charge < -0.3 is 9.84 Å². The average molecular weight is 289 g/mol. The number of aliphatic hydroxyl groups is 1. The van der Waals surface area contributed by atoms with E-state index in [9.17, 15) is 14.7 Å². The summed E-state index contributed by atoms with van der Waals surface area (Å²) in [5.74, 6) is 0.0968. The lowest BCUT2D eigenvalue weighted by Gasteiger charge is -2.21. The lowest BCUT2D eigenvalue weighted by Crippen LogP contribution is -2.35. The van der Waals surface area contributed by atoms with Crippen molar-refractivity contribution in [2.45, 2.75) is 27.0 Å². The molecule has 1 N–H and O–H groups in total. The Balaban J connectivity index is 1.85. The van der Waals surface area contributed by atoms with Crippen LogP contribution in [0.5, 0.6) is 5.75 Å². The van der Waals surface area contributed by atoms with E-state index in [0.29, 0.717) is 5.75 Å². The third kappa shape index (κ3) is 1.95. The molecule has 1 aliphatic heterocycles. The largest absolute Gasteiger partial charge is 0.496 e. The normalized spacial score (nSPS) is 26.0. The summed E-state index contributed by atoms with van der Waals surface area (Å²) in [6, 6.07) is 5.28. The van der Waals surface area contributed by atoms with Crippen molar-refractivity contribution in [2.75, 3.05) is 7.11 Å². The SMILES string of the molecule is COc1ccc(CO)cc1CN1C(=O)C2C(C1=O)C2(C)C. The molecule has 2 atom stereocenters. The van der Waals surface area contributed by atoms with Gasteiger partial charge >= 0.3 is 0 Å². The zero-order chi connectivity index (χ0) is 15.4. The number of amides is 2. The number of benzene rings is 1. The van der Waals surface area contributed by atoms with E-state index in [1.807, 2.05) is 13.8 Å². The number of methoxy groups -OCH3 is 1. The van der Waals surface area contributed by atoms with Crippen LogP contribution in [0.4, 0.5) is 0 Å². The molecule has 5 nitrogen and oxygen atoms in total. The first-order valence-electron chi connectivity index (χ1n) is 7.03. The molecule has 1 aliphatic carbocycles. The van der Waals surface area contributed by atoms with Gasteiger partial charge in [0.15, 0.2) is 0 Å². The minimum absolute atomic E-state index is 0.0861. The van der Waals surface area contributed by atoms with Crippen LogP contribution in [0.1, 0.15) is 25.0 Å². The highest BCUT2D eigenvalue weighted by Crippen LogP contribution is 2.63. The molecule has 5 heteroatoms. The Morgan fingerprint density at radius 2 is 1.86 bits per heavy atom. The summed E-state index contributed by atoms with van der Waals surface area (Å²) in [5.41, 5.74) is 1.28. The molecule has 0 aromatic heterocycles. The van der Waals surface area contributed by atoms with Gasteiger partial charge in [-0.1, -0.05) is 19.9 Å². The van der Waals surface area contributed by atoms with E-state index in [4.69, 9.17) is 4.74 Å². The predicted molar refractivity (Wildman–Crippen MR) is 75.2 cm³/mol. The number of carbonyl (C=O) groups excluding carboxylic acids is 2. The standard InChI is InChI=1S/C16H19NO4/c1-16(2)12-13(16)15(20)17(14(12)19)7-10-6-9(8-18)4-5-11(10)21-3/h4-6,12-13,18H,7-8H2,1-3H3. The molecule has 2 fully saturated rings. The molecule has 0 radical (unpaired) electrons.